The summed E-state index contributed by atoms with van der Waals surface area (Å²) < 4.78 is 15.3. The number of aryl methyl sites for hydroxylation is 1. The topological polar surface area (TPSA) is 90.9 Å². The van der Waals surface area contributed by atoms with Crippen molar-refractivity contribution in [2.45, 2.75) is 26.7 Å². The summed E-state index contributed by atoms with van der Waals surface area (Å²) in [7, 11) is 2.57. The second-order valence-electron chi connectivity index (χ2n) is 7.85. The molecule has 0 unspecified atom stereocenters. The maximum absolute atomic E-state index is 12.6. The van der Waals surface area contributed by atoms with Crippen LogP contribution in [0.1, 0.15) is 36.5 Å². The molecule has 1 heterocycles. The minimum atomic E-state index is -0.702. The van der Waals surface area contributed by atoms with Gasteiger partial charge in [-0.25, -0.2) is 14.4 Å². The van der Waals surface area contributed by atoms with Crippen molar-refractivity contribution in [3.8, 4) is 5.75 Å². The number of allylic oxidation sites excluding steroid dienone is 2. The average Bonchev–Trinajstić information content (AvgIpc) is 2.83. The van der Waals surface area contributed by atoms with Crippen molar-refractivity contribution in [1.29, 1.82) is 0 Å². The molecule has 0 atom stereocenters. The molecule has 0 bridgehead atoms. The van der Waals surface area contributed by atoms with Crippen molar-refractivity contribution in [3.63, 3.8) is 0 Å². The van der Waals surface area contributed by atoms with Crippen molar-refractivity contribution in [2.24, 2.45) is 0 Å². The lowest BCUT2D eigenvalue weighted by molar-refractivity contribution is -0.137. The summed E-state index contributed by atoms with van der Waals surface area (Å²) in [6.07, 6.45) is 3.03. The van der Waals surface area contributed by atoms with Gasteiger partial charge in [-0.15, -0.1) is 0 Å². The number of rotatable bonds is 6. The van der Waals surface area contributed by atoms with Gasteiger partial charge in [0.05, 0.1) is 31.3 Å². The van der Waals surface area contributed by atoms with Crippen LogP contribution in [0.15, 0.2) is 77.1 Å². The average molecular weight is 462 g/mol. The van der Waals surface area contributed by atoms with E-state index in [4.69, 9.17) is 14.2 Å². The molecule has 1 aliphatic heterocycles. The monoisotopic (exact) mass is 461 g/mol. The summed E-state index contributed by atoms with van der Waals surface area (Å²) in [5.41, 5.74) is 4.44. The number of dihydropyridines is 1. The Morgan fingerprint density at radius 3 is 1.82 bits per heavy atom. The fraction of sp³-hybridized carbons (Fsp3) is 0.222. The molecule has 0 fully saturated rings. The van der Waals surface area contributed by atoms with Gasteiger partial charge in [0.2, 0.25) is 0 Å². The van der Waals surface area contributed by atoms with Crippen molar-refractivity contribution in [1.82, 2.24) is 5.32 Å². The number of benzene rings is 2. The molecule has 176 valence electrons. The Bertz CT molecular complexity index is 1150. The summed E-state index contributed by atoms with van der Waals surface area (Å²) in [4.78, 5) is 37.4. The van der Waals surface area contributed by atoms with Crippen LogP contribution in [-0.2, 0) is 23.9 Å². The highest BCUT2D eigenvalue weighted by atomic mass is 16.5. The molecule has 0 aliphatic carbocycles. The standard InChI is InChI=1S/C27H27NO6/c1-16-6-8-19(9-7-16)10-15-22(29)34-21-13-11-20(12-14-21)25-23(26(30)32-4)17(2)28-18(3)24(25)27(31)33-5/h6-15,25,28H,1-5H3. The molecule has 1 N–H and O–H groups in total. The first-order chi connectivity index (χ1) is 16.2. The van der Waals surface area contributed by atoms with E-state index in [1.165, 1.54) is 20.3 Å². The third kappa shape index (κ3) is 5.43. The largest absolute Gasteiger partial charge is 0.466 e. The number of esters is 3. The first-order valence-electron chi connectivity index (χ1n) is 10.7. The lowest BCUT2D eigenvalue weighted by Crippen LogP contribution is -2.32. The van der Waals surface area contributed by atoms with Crippen LogP contribution in [0.5, 0.6) is 5.75 Å². The van der Waals surface area contributed by atoms with Gasteiger partial charge in [-0.05, 0) is 50.1 Å². The van der Waals surface area contributed by atoms with E-state index in [1.807, 2.05) is 31.2 Å². The lowest BCUT2D eigenvalue weighted by Gasteiger charge is -2.30. The SMILES string of the molecule is COC(=O)C1=C(C)NC(C)=C(C(=O)OC)C1c1ccc(OC(=O)C=Cc2ccc(C)cc2)cc1. The number of nitrogens with one attached hydrogen (secondary N) is 1. The highest BCUT2D eigenvalue weighted by Crippen LogP contribution is 2.39. The van der Waals surface area contributed by atoms with Crippen LogP contribution in [0.2, 0.25) is 0 Å². The molecule has 0 saturated heterocycles. The van der Waals surface area contributed by atoms with Gasteiger partial charge in [0.1, 0.15) is 5.75 Å². The van der Waals surface area contributed by atoms with Gasteiger partial charge in [-0.3, -0.25) is 0 Å². The number of carbonyl (C=O) groups excluding carboxylic acids is 3. The van der Waals surface area contributed by atoms with E-state index < -0.39 is 23.8 Å². The lowest BCUT2D eigenvalue weighted by atomic mass is 9.80. The number of carbonyl (C=O) groups is 3. The molecule has 2 aromatic rings. The summed E-state index contributed by atoms with van der Waals surface area (Å²) >= 11 is 0. The maximum Gasteiger partial charge on any atom is 0.336 e. The minimum Gasteiger partial charge on any atom is -0.466 e. The van der Waals surface area contributed by atoms with Gasteiger partial charge in [0, 0.05) is 17.5 Å². The van der Waals surface area contributed by atoms with Crippen LogP contribution in [0.3, 0.4) is 0 Å². The molecule has 0 amide bonds. The number of methoxy groups -OCH3 is 2. The van der Waals surface area contributed by atoms with Crippen LogP contribution in [0.25, 0.3) is 6.08 Å². The van der Waals surface area contributed by atoms with E-state index in [2.05, 4.69) is 5.32 Å². The van der Waals surface area contributed by atoms with Gasteiger partial charge in [0.25, 0.3) is 0 Å². The molecule has 2 aromatic carbocycles. The second kappa shape index (κ2) is 10.7. The number of hydrogen-bond donors (Lipinski definition) is 1. The van der Waals surface area contributed by atoms with Crippen molar-refractivity contribution >= 4 is 24.0 Å². The molecule has 0 radical (unpaired) electrons. The third-order valence-electron chi connectivity index (χ3n) is 5.49. The minimum absolute atomic E-state index is 0.305. The van der Waals surface area contributed by atoms with Gasteiger partial charge in [-0.1, -0.05) is 42.0 Å². The van der Waals surface area contributed by atoms with Crippen molar-refractivity contribution < 1.29 is 28.6 Å². The van der Waals surface area contributed by atoms with E-state index in [9.17, 15) is 14.4 Å². The van der Waals surface area contributed by atoms with Gasteiger partial charge in [0.15, 0.2) is 0 Å². The Labute approximate surface area is 198 Å². The Kier molecular flexibility index (Phi) is 7.68. The summed E-state index contributed by atoms with van der Waals surface area (Å²) in [6, 6.07) is 14.4. The van der Waals surface area contributed by atoms with Crippen LogP contribution in [-0.4, -0.2) is 32.1 Å². The molecule has 0 spiro atoms. The van der Waals surface area contributed by atoms with E-state index >= 15 is 0 Å². The predicted molar refractivity (Wildman–Crippen MR) is 128 cm³/mol. The highest BCUT2D eigenvalue weighted by Gasteiger charge is 2.37. The van der Waals surface area contributed by atoms with Crippen molar-refractivity contribution in [3.05, 3.63) is 93.8 Å². The maximum atomic E-state index is 12.6. The summed E-state index contributed by atoms with van der Waals surface area (Å²) in [5, 5.41) is 3.06. The van der Waals surface area contributed by atoms with Crippen LogP contribution in [0.4, 0.5) is 0 Å². The third-order valence-corrected chi connectivity index (χ3v) is 5.49. The smallest absolute Gasteiger partial charge is 0.336 e. The zero-order chi connectivity index (χ0) is 24.8. The Morgan fingerprint density at radius 1 is 0.794 bits per heavy atom. The zero-order valence-electron chi connectivity index (χ0n) is 19.8. The second-order valence-corrected chi connectivity index (χ2v) is 7.85. The Hall–Kier alpha value is -4.13. The van der Waals surface area contributed by atoms with E-state index in [-0.39, 0.29) is 0 Å². The summed E-state index contributed by atoms with van der Waals surface area (Å²) in [5.74, 6) is -2.00. The Balaban J connectivity index is 1.85. The van der Waals surface area contributed by atoms with E-state index in [1.54, 1.807) is 44.2 Å². The number of ether oxygens (including phenoxy) is 3. The quantitative estimate of drug-likeness (QED) is 0.392. The van der Waals surface area contributed by atoms with E-state index in [0.29, 0.717) is 33.9 Å². The van der Waals surface area contributed by atoms with Gasteiger partial charge >= 0.3 is 17.9 Å². The first kappa shape index (κ1) is 24.5. The normalized spacial score (nSPS) is 14.1. The molecule has 7 heteroatoms. The van der Waals surface area contributed by atoms with Gasteiger partial charge in [-0.2, -0.15) is 0 Å². The van der Waals surface area contributed by atoms with Gasteiger partial charge < -0.3 is 19.5 Å². The molecular formula is C27H27NO6. The molecular weight excluding hydrogens is 434 g/mol. The van der Waals surface area contributed by atoms with Crippen molar-refractivity contribution in [2.75, 3.05) is 14.2 Å². The molecule has 0 saturated carbocycles. The van der Waals surface area contributed by atoms with Crippen LogP contribution in [0, 0.1) is 6.92 Å². The molecule has 1 aliphatic rings. The Morgan fingerprint density at radius 2 is 1.32 bits per heavy atom. The zero-order valence-corrected chi connectivity index (χ0v) is 19.8. The fourth-order valence-corrected chi connectivity index (χ4v) is 3.81. The van der Waals surface area contributed by atoms with E-state index in [0.717, 1.165) is 11.1 Å². The molecule has 34 heavy (non-hydrogen) atoms. The number of hydrogen-bond acceptors (Lipinski definition) is 7. The van der Waals surface area contributed by atoms with Crippen LogP contribution >= 0.6 is 0 Å². The molecule has 3 rings (SSSR count). The summed E-state index contributed by atoms with van der Waals surface area (Å²) in [6.45, 7) is 5.48. The fourth-order valence-electron chi connectivity index (χ4n) is 3.81. The molecule has 7 nitrogen and oxygen atoms in total. The highest BCUT2D eigenvalue weighted by molar-refractivity contribution is 5.99. The predicted octanol–water partition coefficient (Wildman–Crippen LogP) is 4.19. The first-order valence-corrected chi connectivity index (χ1v) is 10.7. The van der Waals surface area contributed by atoms with Crippen LogP contribution < -0.4 is 10.1 Å². The molecule has 0 aromatic heterocycles.